The fraction of sp³-hybridized carbons (Fsp3) is 0.300. The van der Waals surface area contributed by atoms with E-state index >= 15 is 0 Å². The number of hydrogen-bond acceptors (Lipinski definition) is 2. The molecule has 0 fully saturated rings. The van der Waals surface area contributed by atoms with Crippen molar-refractivity contribution < 1.29 is 0 Å². The lowest BCUT2D eigenvalue weighted by atomic mass is 10.0. The third-order valence-corrected chi connectivity index (χ3v) is 2.18. The Morgan fingerprint density at radius 1 is 1.42 bits per heavy atom. The summed E-state index contributed by atoms with van der Waals surface area (Å²) in [6.45, 7) is 2.16. The molecule has 1 atom stereocenters. The van der Waals surface area contributed by atoms with E-state index in [2.05, 4.69) is 35.4 Å². The largest absolute Gasteiger partial charge is 0.346 e. The second kappa shape index (κ2) is 2.97. The van der Waals surface area contributed by atoms with Crippen molar-refractivity contribution in [3.8, 4) is 0 Å². The number of nitrogens with one attached hydrogen (secondary N) is 1. The van der Waals surface area contributed by atoms with E-state index in [1.807, 2.05) is 6.07 Å². The quantitative estimate of drug-likeness (QED) is 0.671. The summed E-state index contributed by atoms with van der Waals surface area (Å²) in [6.07, 6.45) is 2.85. The number of fused-ring (bicyclic) bond motifs is 1. The first-order valence-corrected chi connectivity index (χ1v) is 4.29. The van der Waals surface area contributed by atoms with Crippen LogP contribution in [0.1, 0.15) is 24.9 Å². The number of para-hydroxylation sites is 1. The highest BCUT2D eigenvalue weighted by Gasteiger charge is 2.13. The van der Waals surface area contributed by atoms with E-state index < -0.39 is 0 Å². The van der Waals surface area contributed by atoms with Gasteiger partial charge in [0.2, 0.25) is 0 Å². The first kappa shape index (κ1) is 7.35. The van der Waals surface area contributed by atoms with Crippen LogP contribution in [0.5, 0.6) is 0 Å². The van der Waals surface area contributed by atoms with Crippen LogP contribution >= 0.6 is 0 Å². The van der Waals surface area contributed by atoms with E-state index in [0.717, 1.165) is 6.42 Å². The molecule has 0 bridgehead atoms. The van der Waals surface area contributed by atoms with Crippen LogP contribution in [0, 0.1) is 0 Å². The van der Waals surface area contributed by atoms with Crippen LogP contribution in [0.3, 0.4) is 0 Å². The second-order valence-electron chi connectivity index (χ2n) is 2.93. The predicted octanol–water partition coefficient (Wildman–Crippen LogP) is 2.59. The van der Waals surface area contributed by atoms with E-state index in [1.54, 1.807) is 6.34 Å². The minimum absolute atomic E-state index is 0.349. The molecule has 1 N–H and O–H groups in total. The zero-order chi connectivity index (χ0) is 8.39. The molecule has 62 valence electrons. The van der Waals surface area contributed by atoms with Gasteiger partial charge in [-0.15, -0.1) is 0 Å². The fourth-order valence-electron chi connectivity index (χ4n) is 1.52. The van der Waals surface area contributed by atoms with Gasteiger partial charge in [-0.25, -0.2) is 0 Å². The standard InChI is InChI=1S/C10H12N2/c1-2-9-8-5-3-4-6-10(8)12-7-11-9/h3-7,9H,2H2,1H3,(H,11,12)/t9-/m0/s1. The molecule has 0 unspecified atom stereocenters. The third kappa shape index (κ3) is 1.09. The molecule has 1 aromatic rings. The molecule has 0 radical (unpaired) electrons. The maximum atomic E-state index is 4.35. The summed E-state index contributed by atoms with van der Waals surface area (Å²) in [5, 5.41) is 3.14. The molecule has 12 heavy (non-hydrogen) atoms. The molecule has 0 saturated carbocycles. The Morgan fingerprint density at radius 3 is 3.08 bits per heavy atom. The van der Waals surface area contributed by atoms with Crippen molar-refractivity contribution in [2.75, 3.05) is 5.32 Å². The summed E-state index contributed by atoms with van der Waals surface area (Å²) in [6, 6.07) is 8.67. The normalized spacial score (nSPS) is 19.9. The maximum Gasteiger partial charge on any atom is 0.0875 e. The Balaban J connectivity index is 2.43. The van der Waals surface area contributed by atoms with Gasteiger partial charge in [0.1, 0.15) is 0 Å². The Labute approximate surface area is 72.3 Å². The summed E-state index contributed by atoms with van der Waals surface area (Å²) in [5.41, 5.74) is 2.50. The van der Waals surface area contributed by atoms with E-state index in [9.17, 15) is 0 Å². The van der Waals surface area contributed by atoms with Crippen LogP contribution in [0.15, 0.2) is 29.3 Å². The van der Waals surface area contributed by atoms with Gasteiger partial charge in [-0.05, 0) is 12.5 Å². The summed E-state index contributed by atoms with van der Waals surface area (Å²) >= 11 is 0. The summed E-state index contributed by atoms with van der Waals surface area (Å²) in [7, 11) is 0. The molecule has 1 aliphatic heterocycles. The van der Waals surface area contributed by atoms with E-state index in [4.69, 9.17) is 0 Å². The van der Waals surface area contributed by atoms with Gasteiger partial charge in [0.15, 0.2) is 0 Å². The second-order valence-corrected chi connectivity index (χ2v) is 2.93. The van der Waals surface area contributed by atoms with Crippen molar-refractivity contribution in [1.82, 2.24) is 0 Å². The molecule has 1 aliphatic rings. The van der Waals surface area contributed by atoms with Crippen molar-refractivity contribution in [2.24, 2.45) is 4.99 Å². The van der Waals surface area contributed by atoms with Crippen LogP contribution in [0.25, 0.3) is 0 Å². The van der Waals surface area contributed by atoms with E-state index in [-0.39, 0.29) is 0 Å². The molecular formula is C10H12N2. The molecule has 0 aliphatic carbocycles. The highest BCUT2D eigenvalue weighted by Crippen LogP contribution is 2.29. The average Bonchev–Trinajstić information content (AvgIpc) is 2.17. The number of rotatable bonds is 1. The van der Waals surface area contributed by atoms with Gasteiger partial charge < -0.3 is 5.32 Å². The van der Waals surface area contributed by atoms with Crippen molar-refractivity contribution in [3.63, 3.8) is 0 Å². The van der Waals surface area contributed by atoms with Gasteiger partial charge in [-0.2, -0.15) is 0 Å². The molecular weight excluding hydrogens is 148 g/mol. The van der Waals surface area contributed by atoms with Crippen molar-refractivity contribution in [1.29, 1.82) is 0 Å². The number of hydrogen-bond donors (Lipinski definition) is 1. The van der Waals surface area contributed by atoms with Gasteiger partial charge in [-0.3, -0.25) is 4.99 Å². The molecule has 1 heterocycles. The number of benzene rings is 1. The van der Waals surface area contributed by atoms with Gasteiger partial charge in [0.25, 0.3) is 0 Å². The number of anilines is 1. The van der Waals surface area contributed by atoms with Crippen molar-refractivity contribution in [2.45, 2.75) is 19.4 Å². The van der Waals surface area contributed by atoms with Crippen LogP contribution in [0.2, 0.25) is 0 Å². The monoisotopic (exact) mass is 160 g/mol. The molecule has 2 heteroatoms. The molecule has 0 aromatic heterocycles. The molecule has 0 spiro atoms. The lowest BCUT2D eigenvalue weighted by Crippen LogP contribution is -2.09. The summed E-state index contributed by atoms with van der Waals surface area (Å²) in [4.78, 5) is 4.35. The Kier molecular flexibility index (Phi) is 1.82. The van der Waals surface area contributed by atoms with Crippen LogP contribution < -0.4 is 5.32 Å². The molecule has 0 saturated heterocycles. The topological polar surface area (TPSA) is 24.4 Å². The minimum atomic E-state index is 0.349. The third-order valence-electron chi connectivity index (χ3n) is 2.18. The molecule has 0 amide bonds. The molecule has 2 rings (SSSR count). The van der Waals surface area contributed by atoms with Gasteiger partial charge in [0.05, 0.1) is 12.4 Å². The SMILES string of the molecule is CC[C@@H]1N=CNc2ccccc21. The zero-order valence-corrected chi connectivity index (χ0v) is 7.12. The Morgan fingerprint density at radius 2 is 2.25 bits per heavy atom. The first-order chi connectivity index (χ1) is 5.92. The number of nitrogens with zero attached hydrogens (tertiary/aromatic N) is 1. The van der Waals surface area contributed by atoms with Gasteiger partial charge >= 0.3 is 0 Å². The minimum Gasteiger partial charge on any atom is -0.346 e. The summed E-state index contributed by atoms with van der Waals surface area (Å²) < 4.78 is 0. The Bertz CT molecular complexity index is 304. The maximum absolute atomic E-state index is 4.35. The van der Waals surface area contributed by atoms with E-state index in [0.29, 0.717) is 6.04 Å². The van der Waals surface area contributed by atoms with Gasteiger partial charge in [-0.1, -0.05) is 25.1 Å². The highest BCUT2D eigenvalue weighted by molar-refractivity contribution is 5.80. The summed E-state index contributed by atoms with van der Waals surface area (Å²) in [5.74, 6) is 0. The molecule has 2 nitrogen and oxygen atoms in total. The van der Waals surface area contributed by atoms with Crippen molar-refractivity contribution in [3.05, 3.63) is 29.8 Å². The lowest BCUT2D eigenvalue weighted by Gasteiger charge is -2.19. The Hall–Kier alpha value is -1.31. The lowest BCUT2D eigenvalue weighted by molar-refractivity contribution is 0.701. The van der Waals surface area contributed by atoms with Crippen LogP contribution in [-0.4, -0.2) is 6.34 Å². The smallest absolute Gasteiger partial charge is 0.0875 e. The zero-order valence-electron chi connectivity index (χ0n) is 7.12. The van der Waals surface area contributed by atoms with E-state index in [1.165, 1.54) is 11.3 Å². The van der Waals surface area contributed by atoms with Crippen LogP contribution in [0.4, 0.5) is 5.69 Å². The highest BCUT2D eigenvalue weighted by atomic mass is 15.0. The van der Waals surface area contributed by atoms with Gasteiger partial charge in [0, 0.05) is 11.3 Å². The number of aliphatic imine (C=N–C) groups is 1. The van der Waals surface area contributed by atoms with Crippen molar-refractivity contribution >= 4 is 12.0 Å². The predicted molar refractivity (Wildman–Crippen MR) is 51.6 cm³/mol. The van der Waals surface area contributed by atoms with Crippen LogP contribution in [-0.2, 0) is 0 Å². The average molecular weight is 160 g/mol. The fourth-order valence-corrected chi connectivity index (χ4v) is 1.52. The molecule has 1 aromatic carbocycles. The first-order valence-electron chi connectivity index (χ1n) is 4.29.